The van der Waals surface area contributed by atoms with Crippen molar-refractivity contribution in [2.24, 2.45) is 5.73 Å². The van der Waals surface area contributed by atoms with E-state index in [0.29, 0.717) is 0 Å². The molecular formula is C16H22BrN3S. The number of aryl methyl sites for hydroxylation is 1. The molecule has 1 aromatic carbocycles. The molecule has 0 radical (unpaired) electrons. The first-order valence-electron chi connectivity index (χ1n) is 7.13. The summed E-state index contributed by atoms with van der Waals surface area (Å²) in [5.41, 5.74) is 8.74. The van der Waals surface area contributed by atoms with Crippen molar-refractivity contribution in [2.75, 3.05) is 7.05 Å². The zero-order valence-corrected chi connectivity index (χ0v) is 15.1. The van der Waals surface area contributed by atoms with Crippen LogP contribution in [0.3, 0.4) is 0 Å². The summed E-state index contributed by atoms with van der Waals surface area (Å²) in [5, 5.41) is 3.23. The van der Waals surface area contributed by atoms with Crippen LogP contribution in [0.25, 0.3) is 0 Å². The fourth-order valence-electron chi connectivity index (χ4n) is 2.58. The molecule has 1 heterocycles. The number of nitrogens with two attached hydrogens (primary N) is 1. The summed E-state index contributed by atoms with van der Waals surface area (Å²) in [4.78, 5) is 6.85. The summed E-state index contributed by atoms with van der Waals surface area (Å²) in [6, 6.07) is 8.70. The average Bonchev–Trinajstić information content (AvgIpc) is 2.84. The number of hydrogen-bond donors (Lipinski definition) is 1. The Hall–Kier alpha value is -0.750. The summed E-state index contributed by atoms with van der Waals surface area (Å²) in [7, 11) is 2.12. The van der Waals surface area contributed by atoms with Gasteiger partial charge in [0.25, 0.3) is 0 Å². The molecular weight excluding hydrogens is 346 g/mol. The van der Waals surface area contributed by atoms with Gasteiger partial charge in [0, 0.05) is 22.4 Å². The van der Waals surface area contributed by atoms with Crippen molar-refractivity contribution in [2.45, 2.75) is 38.9 Å². The van der Waals surface area contributed by atoms with Gasteiger partial charge in [0.15, 0.2) is 0 Å². The summed E-state index contributed by atoms with van der Waals surface area (Å²) in [6.07, 6.45) is 0.942. The number of thiazole rings is 1. The quantitative estimate of drug-likeness (QED) is 0.834. The maximum Gasteiger partial charge on any atom is 0.0897 e. The van der Waals surface area contributed by atoms with Gasteiger partial charge in [0.05, 0.1) is 16.7 Å². The number of aromatic nitrogens is 1. The van der Waals surface area contributed by atoms with Crippen LogP contribution in [0.15, 0.2) is 34.1 Å². The molecule has 3 nitrogen and oxygen atoms in total. The van der Waals surface area contributed by atoms with Gasteiger partial charge in [-0.05, 0) is 38.1 Å². The lowest BCUT2D eigenvalue weighted by Crippen LogP contribution is -2.38. The zero-order chi connectivity index (χ0) is 15.4. The van der Waals surface area contributed by atoms with Gasteiger partial charge in [-0.15, -0.1) is 11.3 Å². The summed E-state index contributed by atoms with van der Waals surface area (Å²) < 4.78 is 1.09. The number of hydrogen-bond acceptors (Lipinski definition) is 4. The Morgan fingerprint density at radius 3 is 2.76 bits per heavy atom. The lowest BCUT2D eigenvalue weighted by molar-refractivity contribution is 0.200. The molecule has 0 aliphatic heterocycles. The molecule has 2 rings (SSSR count). The fraction of sp³-hybridized carbons (Fsp3) is 0.438. The smallest absolute Gasteiger partial charge is 0.0897 e. The third-order valence-corrected chi connectivity index (χ3v) is 4.94. The van der Waals surface area contributed by atoms with Crippen LogP contribution in [0.2, 0.25) is 0 Å². The molecule has 114 valence electrons. The minimum Gasteiger partial charge on any atom is -0.326 e. The molecule has 0 bridgehead atoms. The maximum absolute atomic E-state index is 6.38. The zero-order valence-electron chi connectivity index (χ0n) is 12.7. The molecule has 0 aliphatic rings. The van der Waals surface area contributed by atoms with E-state index in [4.69, 9.17) is 5.73 Å². The molecule has 2 aromatic rings. The Morgan fingerprint density at radius 1 is 1.43 bits per heavy atom. The van der Waals surface area contributed by atoms with Crippen LogP contribution in [0.4, 0.5) is 0 Å². The Morgan fingerprint density at radius 2 is 2.19 bits per heavy atom. The van der Waals surface area contributed by atoms with Gasteiger partial charge in [-0.25, -0.2) is 4.98 Å². The van der Waals surface area contributed by atoms with Crippen LogP contribution in [0.5, 0.6) is 0 Å². The van der Waals surface area contributed by atoms with Gasteiger partial charge in [-0.1, -0.05) is 35.0 Å². The van der Waals surface area contributed by atoms with Crippen molar-refractivity contribution in [1.29, 1.82) is 0 Å². The van der Waals surface area contributed by atoms with Crippen LogP contribution < -0.4 is 5.73 Å². The second-order valence-corrected chi connectivity index (χ2v) is 7.32. The van der Waals surface area contributed by atoms with E-state index in [2.05, 4.69) is 63.4 Å². The molecule has 0 aliphatic carbocycles. The lowest BCUT2D eigenvalue weighted by atomic mass is 9.96. The number of likely N-dealkylation sites (N-methyl/N-ethyl adjacent to an activating group) is 1. The molecule has 5 heteroatoms. The van der Waals surface area contributed by atoms with Crippen LogP contribution in [0, 0.1) is 6.92 Å². The molecule has 0 saturated heterocycles. The van der Waals surface area contributed by atoms with E-state index in [9.17, 15) is 0 Å². The fourth-order valence-corrected chi connectivity index (χ4v) is 3.60. The number of nitrogens with zero attached hydrogens (tertiary/aromatic N) is 2. The molecule has 2 atom stereocenters. The first kappa shape index (κ1) is 16.6. The number of halogens is 1. The number of rotatable bonds is 6. The predicted molar refractivity (Wildman–Crippen MR) is 93.5 cm³/mol. The van der Waals surface area contributed by atoms with Crippen molar-refractivity contribution < 1.29 is 0 Å². The lowest BCUT2D eigenvalue weighted by Gasteiger charge is -2.32. The number of benzene rings is 1. The van der Waals surface area contributed by atoms with E-state index in [0.717, 1.165) is 28.1 Å². The summed E-state index contributed by atoms with van der Waals surface area (Å²) in [6.45, 7) is 4.99. The summed E-state index contributed by atoms with van der Waals surface area (Å²) >= 11 is 5.24. The molecule has 2 N–H and O–H groups in total. The third kappa shape index (κ3) is 4.36. The van der Waals surface area contributed by atoms with Crippen LogP contribution >= 0.6 is 27.3 Å². The second-order valence-electron chi connectivity index (χ2n) is 5.34. The second kappa shape index (κ2) is 7.49. The molecule has 0 spiro atoms. The van der Waals surface area contributed by atoms with Gasteiger partial charge in [-0.2, -0.15) is 0 Å². The van der Waals surface area contributed by atoms with Gasteiger partial charge in [0.2, 0.25) is 0 Å². The molecule has 0 saturated carbocycles. The topological polar surface area (TPSA) is 42.1 Å². The maximum atomic E-state index is 6.38. The minimum atomic E-state index is 0.101. The minimum absolute atomic E-state index is 0.101. The third-order valence-electron chi connectivity index (χ3n) is 3.62. The largest absolute Gasteiger partial charge is 0.326 e. The summed E-state index contributed by atoms with van der Waals surface area (Å²) in [5.74, 6) is 0. The van der Waals surface area contributed by atoms with Gasteiger partial charge in [-0.3, -0.25) is 4.90 Å². The van der Waals surface area contributed by atoms with E-state index in [1.54, 1.807) is 11.3 Å². The van der Waals surface area contributed by atoms with E-state index in [1.165, 1.54) is 5.56 Å². The van der Waals surface area contributed by atoms with Gasteiger partial charge >= 0.3 is 0 Å². The predicted octanol–water partition coefficient (Wildman–Crippen LogP) is 4.12. The Labute approximate surface area is 139 Å². The highest BCUT2D eigenvalue weighted by molar-refractivity contribution is 9.10. The molecule has 21 heavy (non-hydrogen) atoms. The highest BCUT2D eigenvalue weighted by Crippen LogP contribution is 2.27. The molecule has 0 fully saturated rings. The van der Waals surface area contributed by atoms with Gasteiger partial charge < -0.3 is 5.73 Å². The monoisotopic (exact) mass is 367 g/mol. The van der Waals surface area contributed by atoms with Gasteiger partial charge in [0.1, 0.15) is 0 Å². The van der Waals surface area contributed by atoms with E-state index < -0.39 is 0 Å². The first-order chi connectivity index (χ1) is 10.0. The van der Waals surface area contributed by atoms with Crippen molar-refractivity contribution >= 4 is 27.3 Å². The molecule has 2 unspecified atom stereocenters. The SMILES string of the molecule is CCC(N)C(c1cccc(Br)c1)N(C)Cc1csc(C)n1. The van der Waals surface area contributed by atoms with E-state index in [1.807, 2.05) is 13.0 Å². The molecule has 1 aromatic heterocycles. The van der Waals surface area contributed by atoms with Crippen LogP contribution in [0.1, 0.15) is 35.7 Å². The standard InChI is InChI=1S/C16H22BrN3S/c1-4-15(18)16(12-6-5-7-13(17)8-12)20(3)9-14-10-21-11(2)19-14/h5-8,10,15-16H,4,9,18H2,1-3H3. The highest BCUT2D eigenvalue weighted by atomic mass is 79.9. The van der Waals surface area contributed by atoms with Crippen LogP contribution in [-0.4, -0.2) is 23.0 Å². The van der Waals surface area contributed by atoms with E-state index in [-0.39, 0.29) is 12.1 Å². The Bertz CT molecular complexity index is 584. The van der Waals surface area contributed by atoms with Crippen molar-refractivity contribution in [3.05, 3.63) is 50.4 Å². The normalized spacial score (nSPS) is 14.4. The van der Waals surface area contributed by atoms with E-state index >= 15 is 0 Å². The first-order valence-corrected chi connectivity index (χ1v) is 8.80. The molecule has 0 amide bonds. The van der Waals surface area contributed by atoms with Crippen LogP contribution in [-0.2, 0) is 6.54 Å². The van der Waals surface area contributed by atoms with Crippen molar-refractivity contribution in [1.82, 2.24) is 9.88 Å². The average molecular weight is 368 g/mol. The van der Waals surface area contributed by atoms with Crippen molar-refractivity contribution in [3.8, 4) is 0 Å². The van der Waals surface area contributed by atoms with Crippen molar-refractivity contribution in [3.63, 3.8) is 0 Å². The Balaban J connectivity index is 2.23. The highest BCUT2D eigenvalue weighted by Gasteiger charge is 2.23. The Kier molecular flexibility index (Phi) is 5.93.